The molecule has 0 atom stereocenters. The van der Waals surface area contributed by atoms with E-state index in [0.717, 1.165) is 22.7 Å². The van der Waals surface area contributed by atoms with Gasteiger partial charge in [-0.15, -0.1) is 0 Å². The predicted molar refractivity (Wildman–Crippen MR) is 71.1 cm³/mol. The van der Waals surface area contributed by atoms with E-state index in [-0.39, 0.29) is 10.6 Å². The van der Waals surface area contributed by atoms with Crippen molar-refractivity contribution < 1.29 is 9.45 Å². The fraction of sp³-hybridized carbons (Fsp3) is 0.308. The van der Waals surface area contributed by atoms with Gasteiger partial charge in [-0.25, -0.2) is 0 Å². The molecule has 0 aliphatic heterocycles. The van der Waals surface area contributed by atoms with Gasteiger partial charge in [-0.2, -0.15) is 0 Å². The normalized spacial score (nSPS) is 10.5. The summed E-state index contributed by atoms with van der Waals surface area (Å²) < 4.78 is 5.08. The van der Waals surface area contributed by atoms with E-state index in [9.17, 15) is 10.1 Å². The molecule has 0 aliphatic carbocycles. The van der Waals surface area contributed by atoms with Crippen LogP contribution in [0.5, 0.6) is 0 Å². The first-order valence-corrected chi connectivity index (χ1v) is 5.90. The van der Waals surface area contributed by atoms with Crippen LogP contribution in [0.2, 0.25) is 0 Å². The Morgan fingerprint density at radius 3 is 2.68 bits per heavy atom. The lowest BCUT2D eigenvalue weighted by Gasteiger charge is -2.09. The minimum Gasteiger partial charge on any atom is -0.380 e. The summed E-state index contributed by atoms with van der Waals surface area (Å²) in [4.78, 5) is 10.5. The minimum absolute atomic E-state index is 0.115. The summed E-state index contributed by atoms with van der Waals surface area (Å²) in [5, 5.41) is 17.9. The fourth-order valence-corrected chi connectivity index (χ4v) is 1.95. The van der Waals surface area contributed by atoms with E-state index in [4.69, 9.17) is 4.52 Å². The number of aryl methyl sites for hydroxylation is 2. The number of hydrogen-bond acceptors (Lipinski definition) is 5. The maximum absolute atomic E-state index is 10.9. The van der Waals surface area contributed by atoms with Crippen molar-refractivity contribution in [1.82, 2.24) is 5.16 Å². The second-order valence-electron chi connectivity index (χ2n) is 4.36. The highest BCUT2D eigenvalue weighted by molar-refractivity contribution is 5.59. The lowest BCUT2D eigenvalue weighted by atomic mass is 10.1. The summed E-state index contributed by atoms with van der Waals surface area (Å²) in [5.41, 5.74) is 3.29. The van der Waals surface area contributed by atoms with E-state index in [1.165, 1.54) is 6.07 Å². The van der Waals surface area contributed by atoms with Gasteiger partial charge in [-0.3, -0.25) is 10.1 Å². The molecule has 2 rings (SSSR count). The molecule has 0 amide bonds. The molecule has 0 bridgehead atoms. The summed E-state index contributed by atoms with van der Waals surface area (Å²) in [6, 6.07) is 4.98. The molecular weight excluding hydrogens is 246 g/mol. The monoisotopic (exact) mass is 261 g/mol. The second kappa shape index (κ2) is 5.09. The zero-order chi connectivity index (χ0) is 14.0. The number of nitrogens with one attached hydrogen (secondary N) is 1. The number of aromatic nitrogens is 1. The molecule has 0 saturated carbocycles. The lowest BCUT2D eigenvalue weighted by Crippen LogP contribution is -2.04. The summed E-state index contributed by atoms with van der Waals surface area (Å²) in [5.74, 6) is 0.757. The number of hydrogen-bond donors (Lipinski definition) is 1. The molecule has 0 spiro atoms. The van der Waals surface area contributed by atoms with Gasteiger partial charge in [0.1, 0.15) is 5.76 Å². The Morgan fingerprint density at radius 2 is 2.11 bits per heavy atom. The lowest BCUT2D eigenvalue weighted by molar-refractivity contribution is -0.385. The molecule has 0 aliphatic rings. The van der Waals surface area contributed by atoms with Crippen LogP contribution in [0.4, 0.5) is 11.4 Å². The van der Waals surface area contributed by atoms with Gasteiger partial charge < -0.3 is 9.84 Å². The first-order chi connectivity index (χ1) is 9.00. The van der Waals surface area contributed by atoms with Gasteiger partial charge in [0.2, 0.25) is 0 Å². The third-order valence-electron chi connectivity index (χ3n) is 3.14. The molecule has 100 valence electrons. The summed E-state index contributed by atoms with van der Waals surface area (Å²) in [6.07, 6.45) is 0. The minimum atomic E-state index is -0.379. The van der Waals surface area contributed by atoms with Gasteiger partial charge in [-0.05, 0) is 26.8 Å². The Bertz CT molecular complexity index is 600. The van der Waals surface area contributed by atoms with Gasteiger partial charge in [0.25, 0.3) is 5.69 Å². The number of nitro groups is 1. The average molecular weight is 261 g/mol. The van der Waals surface area contributed by atoms with Crippen LogP contribution < -0.4 is 5.32 Å². The van der Waals surface area contributed by atoms with Crippen molar-refractivity contribution >= 4 is 11.4 Å². The van der Waals surface area contributed by atoms with E-state index in [1.807, 2.05) is 19.9 Å². The smallest absolute Gasteiger partial charge is 0.274 e. The maximum atomic E-state index is 10.9. The second-order valence-corrected chi connectivity index (χ2v) is 4.36. The Balaban J connectivity index is 2.21. The van der Waals surface area contributed by atoms with E-state index in [2.05, 4.69) is 10.5 Å². The molecule has 0 unspecified atom stereocenters. The van der Waals surface area contributed by atoms with Crippen LogP contribution in [0.15, 0.2) is 22.7 Å². The molecular formula is C13H15N3O3. The molecule has 6 nitrogen and oxygen atoms in total. The van der Waals surface area contributed by atoms with Crippen LogP contribution in [0.1, 0.15) is 22.6 Å². The zero-order valence-electron chi connectivity index (χ0n) is 11.1. The van der Waals surface area contributed by atoms with E-state index >= 15 is 0 Å². The highest BCUT2D eigenvalue weighted by Crippen LogP contribution is 2.26. The van der Waals surface area contributed by atoms with Crippen molar-refractivity contribution in [3.8, 4) is 0 Å². The molecule has 0 saturated heterocycles. The SMILES string of the molecule is Cc1noc(C)c1CNc1cccc([N+](=O)[O-])c1C. The van der Waals surface area contributed by atoms with Crippen LogP contribution >= 0.6 is 0 Å². The first kappa shape index (κ1) is 13.1. The van der Waals surface area contributed by atoms with Crippen LogP contribution in [0, 0.1) is 30.9 Å². The van der Waals surface area contributed by atoms with Crippen molar-refractivity contribution in [2.24, 2.45) is 0 Å². The number of nitro benzene ring substituents is 1. The number of anilines is 1. The standard InChI is InChI=1S/C13H15N3O3/c1-8-12(5-4-6-13(8)16(17)18)14-7-11-9(2)15-19-10(11)3/h4-6,14H,7H2,1-3H3. The van der Waals surface area contributed by atoms with Crippen molar-refractivity contribution in [2.75, 3.05) is 5.32 Å². The third kappa shape index (κ3) is 2.57. The Morgan fingerprint density at radius 1 is 1.37 bits per heavy atom. The molecule has 1 aromatic carbocycles. The number of nitrogens with zero attached hydrogens (tertiary/aromatic N) is 2. The Kier molecular flexibility index (Phi) is 3.50. The largest absolute Gasteiger partial charge is 0.380 e. The molecule has 1 N–H and O–H groups in total. The van der Waals surface area contributed by atoms with Crippen LogP contribution in [-0.2, 0) is 6.54 Å². The first-order valence-electron chi connectivity index (χ1n) is 5.90. The molecule has 0 radical (unpaired) electrons. The number of benzene rings is 1. The molecule has 1 heterocycles. The maximum Gasteiger partial charge on any atom is 0.274 e. The highest BCUT2D eigenvalue weighted by Gasteiger charge is 2.14. The fourth-order valence-electron chi connectivity index (χ4n) is 1.95. The van der Waals surface area contributed by atoms with Crippen molar-refractivity contribution in [3.63, 3.8) is 0 Å². The Labute approximate surface area is 110 Å². The molecule has 0 fully saturated rings. The van der Waals surface area contributed by atoms with Crippen molar-refractivity contribution in [2.45, 2.75) is 27.3 Å². The van der Waals surface area contributed by atoms with Crippen molar-refractivity contribution in [3.05, 3.63) is 50.9 Å². The molecule has 2 aromatic rings. The quantitative estimate of drug-likeness (QED) is 0.675. The summed E-state index contributed by atoms with van der Waals surface area (Å²) in [6.45, 7) is 5.97. The molecule has 6 heteroatoms. The van der Waals surface area contributed by atoms with Gasteiger partial charge in [0, 0.05) is 29.4 Å². The van der Waals surface area contributed by atoms with Gasteiger partial charge in [-0.1, -0.05) is 11.2 Å². The van der Waals surface area contributed by atoms with Crippen LogP contribution in [-0.4, -0.2) is 10.1 Å². The average Bonchev–Trinajstić information content (AvgIpc) is 2.68. The molecule has 19 heavy (non-hydrogen) atoms. The topological polar surface area (TPSA) is 81.2 Å². The van der Waals surface area contributed by atoms with E-state index in [1.54, 1.807) is 13.0 Å². The van der Waals surface area contributed by atoms with Gasteiger partial charge >= 0.3 is 0 Å². The summed E-state index contributed by atoms with van der Waals surface area (Å²) in [7, 11) is 0. The Hall–Kier alpha value is -2.37. The highest BCUT2D eigenvalue weighted by atomic mass is 16.6. The number of rotatable bonds is 4. The van der Waals surface area contributed by atoms with Crippen molar-refractivity contribution in [1.29, 1.82) is 0 Å². The van der Waals surface area contributed by atoms with Crippen LogP contribution in [0.3, 0.4) is 0 Å². The van der Waals surface area contributed by atoms with Crippen LogP contribution in [0.25, 0.3) is 0 Å². The van der Waals surface area contributed by atoms with Gasteiger partial charge in [0.15, 0.2) is 0 Å². The third-order valence-corrected chi connectivity index (χ3v) is 3.14. The van der Waals surface area contributed by atoms with E-state index < -0.39 is 0 Å². The molecule has 1 aromatic heterocycles. The predicted octanol–water partition coefficient (Wildman–Crippen LogP) is 3.12. The summed E-state index contributed by atoms with van der Waals surface area (Å²) >= 11 is 0. The van der Waals surface area contributed by atoms with E-state index in [0.29, 0.717) is 12.1 Å². The zero-order valence-corrected chi connectivity index (χ0v) is 11.1. The van der Waals surface area contributed by atoms with Gasteiger partial charge in [0.05, 0.1) is 10.6 Å².